The third kappa shape index (κ3) is 3.45. The van der Waals surface area contributed by atoms with Gasteiger partial charge in [-0.2, -0.15) is 5.10 Å². The van der Waals surface area contributed by atoms with E-state index in [9.17, 15) is 0 Å². The van der Waals surface area contributed by atoms with Crippen LogP contribution in [0, 0.1) is 6.92 Å². The van der Waals surface area contributed by atoms with Crippen LogP contribution in [0.15, 0.2) is 4.47 Å². The molecule has 0 aromatic carbocycles. The van der Waals surface area contributed by atoms with Gasteiger partial charge in [0, 0.05) is 18.5 Å². The maximum atomic E-state index is 4.65. The van der Waals surface area contributed by atoms with Crippen LogP contribution in [0.1, 0.15) is 63.8 Å². The second-order valence-corrected chi connectivity index (χ2v) is 6.90. The summed E-state index contributed by atoms with van der Waals surface area (Å²) in [5, 5.41) is 8.52. The van der Waals surface area contributed by atoms with Crippen molar-refractivity contribution in [3.05, 3.63) is 15.9 Å². The van der Waals surface area contributed by atoms with E-state index in [0.717, 1.165) is 25.2 Å². The monoisotopic (exact) mass is 341 g/mol. The Kier molecular flexibility index (Phi) is 5.67. The van der Waals surface area contributed by atoms with E-state index in [4.69, 9.17) is 0 Å². The van der Waals surface area contributed by atoms with E-state index in [1.165, 1.54) is 48.7 Å². The van der Waals surface area contributed by atoms with Gasteiger partial charge in [0.05, 0.1) is 15.9 Å². The molecule has 1 N–H and O–H groups in total. The van der Waals surface area contributed by atoms with Gasteiger partial charge in [0.1, 0.15) is 0 Å². The van der Waals surface area contributed by atoms with Gasteiger partial charge in [-0.3, -0.25) is 4.68 Å². The Balaban J connectivity index is 2.27. The van der Waals surface area contributed by atoms with Gasteiger partial charge in [-0.25, -0.2) is 0 Å². The summed E-state index contributed by atoms with van der Waals surface area (Å²) in [6, 6.07) is 0. The average molecular weight is 342 g/mol. The SMILES string of the molecule is CCCC1(Cc2c(Br)c(C)nn2CC)CCCCCN1. The predicted molar refractivity (Wildman–Crippen MR) is 88.2 cm³/mol. The number of nitrogens with one attached hydrogen (secondary N) is 1. The minimum atomic E-state index is 0.271. The molecular formula is C16H28BrN3. The summed E-state index contributed by atoms with van der Waals surface area (Å²) in [5.74, 6) is 0. The lowest BCUT2D eigenvalue weighted by Crippen LogP contribution is -2.47. The van der Waals surface area contributed by atoms with Crippen LogP contribution in [-0.4, -0.2) is 21.9 Å². The van der Waals surface area contributed by atoms with Gasteiger partial charge in [-0.1, -0.05) is 26.2 Å². The highest BCUT2D eigenvalue weighted by Crippen LogP contribution is 2.32. The van der Waals surface area contributed by atoms with Crippen LogP contribution in [-0.2, 0) is 13.0 Å². The molecule has 4 heteroatoms. The number of nitrogens with zero attached hydrogens (tertiary/aromatic N) is 2. The second-order valence-electron chi connectivity index (χ2n) is 6.11. The van der Waals surface area contributed by atoms with Crippen LogP contribution in [0.4, 0.5) is 0 Å². The summed E-state index contributed by atoms with van der Waals surface area (Å²) in [4.78, 5) is 0. The van der Waals surface area contributed by atoms with Crippen molar-refractivity contribution >= 4 is 15.9 Å². The van der Waals surface area contributed by atoms with Gasteiger partial charge in [-0.05, 0) is 55.6 Å². The zero-order valence-corrected chi connectivity index (χ0v) is 14.7. The van der Waals surface area contributed by atoms with Crippen molar-refractivity contribution in [1.82, 2.24) is 15.1 Å². The molecule has 20 heavy (non-hydrogen) atoms. The molecule has 1 aliphatic heterocycles. The number of aromatic nitrogens is 2. The molecule has 0 radical (unpaired) electrons. The molecule has 1 saturated heterocycles. The first-order chi connectivity index (χ1) is 9.62. The van der Waals surface area contributed by atoms with Crippen LogP contribution in [0.2, 0.25) is 0 Å². The quantitative estimate of drug-likeness (QED) is 0.868. The highest BCUT2D eigenvalue weighted by Gasteiger charge is 2.32. The number of hydrogen-bond acceptors (Lipinski definition) is 2. The molecule has 0 amide bonds. The minimum absolute atomic E-state index is 0.271. The van der Waals surface area contributed by atoms with Crippen LogP contribution >= 0.6 is 15.9 Å². The maximum absolute atomic E-state index is 4.65. The van der Waals surface area contributed by atoms with Crippen LogP contribution in [0.25, 0.3) is 0 Å². The van der Waals surface area contributed by atoms with E-state index in [2.05, 4.69) is 51.8 Å². The summed E-state index contributed by atoms with van der Waals surface area (Å²) in [5.41, 5.74) is 2.75. The van der Waals surface area contributed by atoms with Crippen molar-refractivity contribution < 1.29 is 0 Å². The molecule has 1 fully saturated rings. The number of halogens is 1. The van der Waals surface area contributed by atoms with Gasteiger partial charge >= 0.3 is 0 Å². The number of rotatable bonds is 5. The number of hydrogen-bond donors (Lipinski definition) is 1. The highest BCUT2D eigenvalue weighted by molar-refractivity contribution is 9.10. The van der Waals surface area contributed by atoms with Gasteiger partial charge < -0.3 is 5.32 Å². The molecular weight excluding hydrogens is 314 g/mol. The van der Waals surface area contributed by atoms with E-state index in [1.54, 1.807) is 0 Å². The zero-order chi connectivity index (χ0) is 14.6. The molecule has 1 unspecified atom stereocenters. The van der Waals surface area contributed by atoms with Crippen molar-refractivity contribution in [1.29, 1.82) is 0 Å². The molecule has 1 atom stereocenters. The second kappa shape index (κ2) is 7.08. The van der Waals surface area contributed by atoms with Crippen LogP contribution < -0.4 is 5.32 Å². The molecule has 0 aliphatic carbocycles. The average Bonchev–Trinajstić information content (AvgIpc) is 2.61. The number of aryl methyl sites for hydroxylation is 2. The summed E-state index contributed by atoms with van der Waals surface area (Å²) < 4.78 is 3.38. The first kappa shape index (κ1) is 16.0. The van der Waals surface area contributed by atoms with E-state index < -0.39 is 0 Å². The van der Waals surface area contributed by atoms with E-state index in [0.29, 0.717) is 0 Å². The molecule has 0 bridgehead atoms. The Morgan fingerprint density at radius 2 is 2.10 bits per heavy atom. The Morgan fingerprint density at radius 3 is 2.80 bits per heavy atom. The Bertz CT molecular complexity index is 431. The smallest absolute Gasteiger partial charge is 0.0738 e. The van der Waals surface area contributed by atoms with Gasteiger partial charge in [0.2, 0.25) is 0 Å². The van der Waals surface area contributed by atoms with Crippen molar-refractivity contribution in [2.75, 3.05) is 6.54 Å². The topological polar surface area (TPSA) is 29.9 Å². The summed E-state index contributed by atoms with van der Waals surface area (Å²) >= 11 is 3.75. The lowest BCUT2D eigenvalue weighted by atomic mass is 9.84. The fraction of sp³-hybridized carbons (Fsp3) is 0.812. The molecule has 0 saturated carbocycles. The molecule has 2 heterocycles. The summed E-state index contributed by atoms with van der Waals surface area (Å²) in [6.45, 7) is 8.68. The van der Waals surface area contributed by atoms with Crippen molar-refractivity contribution in [3.8, 4) is 0 Å². The molecule has 114 valence electrons. The van der Waals surface area contributed by atoms with Crippen LogP contribution in [0.5, 0.6) is 0 Å². The standard InChI is InChI=1S/C16H28BrN3/c1-4-9-16(10-7-6-8-11-18-16)12-14-15(17)13(3)19-20(14)5-2/h18H,4-12H2,1-3H3. The van der Waals surface area contributed by atoms with Gasteiger partial charge in [0.25, 0.3) is 0 Å². The fourth-order valence-electron chi connectivity index (χ4n) is 3.50. The van der Waals surface area contributed by atoms with E-state index in [-0.39, 0.29) is 5.54 Å². The normalized spacial score (nSPS) is 23.8. The Hall–Kier alpha value is -0.350. The fourth-order valence-corrected chi connectivity index (χ4v) is 3.92. The Morgan fingerprint density at radius 1 is 1.30 bits per heavy atom. The largest absolute Gasteiger partial charge is 0.311 e. The zero-order valence-electron chi connectivity index (χ0n) is 13.1. The molecule has 0 spiro atoms. The molecule has 1 aromatic heterocycles. The lowest BCUT2D eigenvalue weighted by Gasteiger charge is -2.34. The lowest BCUT2D eigenvalue weighted by molar-refractivity contribution is 0.281. The minimum Gasteiger partial charge on any atom is -0.311 e. The third-order valence-corrected chi connectivity index (χ3v) is 5.55. The molecule has 1 aromatic rings. The van der Waals surface area contributed by atoms with E-state index >= 15 is 0 Å². The van der Waals surface area contributed by atoms with Crippen LogP contribution in [0.3, 0.4) is 0 Å². The maximum Gasteiger partial charge on any atom is 0.0738 e. The van der Waals surface area contributed by atoms with Crippen molar-refractivity contribution in [2.24, 2.45) is 0 Å². The van der Waals surface area contributed by atoms with Crippen molar-refractivity contribution in [3.63, 3.8) is 0 Å². The van der Waals surface area contributed by atoms with Crippen molar-refractivity contribution in [2.45, 2.75) is 77.8 Å². The first-order valence-corrected chi connectivity index (χ1v) is 8.88. The first-order valence-electron chi connectivity index (χ1n) is 8.08. The van der Waals surface area contributed by atoms with Gasteiger partial charge in [0.15, 0.2) is 0 Å². The summed E-state index contributed by atoms with van der Waals surface area (Å²) in [7, 11) is 0. The summed E-state index contributed by atoms with van der Waals surface area (Å²) in [6.07, 6.45) is 8.92. The molecule has 2 rings (SSSR count). The molecule has 3 nitrogen and oxygen atoms in total. The van der Waals surface area contributed by atoms with E-state index in [1.807, 2.05) is 0 Å². The third-order valence-electron chi connectivity index (χ3n) is 4.52. The highest BCUT2D eigenvalue weighted by atomic mass is 79.9. The molecule has 1 aliphatic rings. The Labute approximate surface area is 131 Å². The van der Waals surface area contributed by atoms with Gasteiger partial charge in [-0.15, -0.1) is 0 Å². The predicted octanol–water partition coefficient (Wildman–Crippen LogP) is 4.22.